The van der Waals surface area contributed by atoms with E-state index < -0.39 is 0 Å². The number of urea groups is 1. The molecule has 0 radical (unpaired) electrons. The van der Waals surface area contributed by atoms with Gasteiger partial charge in [-0.1, -0.05) is 61.9 Å². The van der Waals surface area contributed by atoms with Crippen LogP contribution in [-0.4, -0.2) is 33.2 Å². The monoisotopic (exact) mass is 474 g/mol. The van der Waals surface area contributed by atoms with Gasteiger partial charge in [0.05, 0.1) is 11.0 Å². The number of imidazole rings is 1. The molecule has 7 nitrogen and oxygen atoms in total. The fraction of sp³-hybridized carbons (Fsp3) is 0.393. The average Bonchev–Trinajstić information content (AvgIpc) is 3.54. The Hall–Kier alpha value is -3.61. The first-order valence-electron chi connectivity index (χ1n) is 12.8. The summed E-state index contributed by atoms with van der Waals surface area (Å²) >= 11 is 0. The van der Waals surface area contributed by atoms with E-state index in [1.807, 2.05) is 24.3 Å². The van der Waals surface area contributed by atoms with Gasteiger partial charge in [-0.3, -0.25) is 0 Å². The Morgan fingerprint density at radius 2 is 1.89 bits per heavy atom. The van der Waals surface area contributed by atoms with Crippen LogP contribution in [0, 0.1) is 0 Å². The zero-order valence-corrected chi connectivity index (χ0v) is 20.3. The average molecular weight is 475 g/mol. The van der Waals surface area contributed by atoms with E-state index in [1.54, 1.807) is 0 Å². The van der Waals surface area contributed by atoms with Crippen LogP contribution in [0.25, 0.3) is 21.9 Å². The van der Waals surface area contributed by atoms with Gasteiger partial charge in [0.25, 0.3) is 0 Å². The Labute approximate surface area is 209 Å². The molecular formula is C28H38N6O. The number of hydrogen-bond acceptors (Lipinski definition) is 4. The number of rotatable bonds is 10. The molecule has 0 aliphatic heterocycles. The number of nitrogens with one attached hydrogen (secondary N) is 2. The van der Waals surface area contributed by atoms with E-state index >= 15 is 0 Å². The number of pyridine rings is 1. The molecule has 35 heavy (non-hydrogen) atoms. The van der Waals surface area contributed by atoms with Gasteiger partial charge in [-0.15, -0.1) is 0 Å². The van der Waals surface area contributed by atoms with Crippen molar-refractivity contribution >= 4 is 33.8 Å². The SMILES string of the molecule is CCCCc1nc2c(N)nc3ccccc3c2n1CCCCNC(=O)N[C@@H]1C[C@H]1c1ccccc1.[HH].[HH]. The molecule has 2 aromatic heterocycles. The highest BCUT2D eigenvalue weighted by atomic mass is 16.2. The predicted octanol–water partition coefficient (Wildman–Crippen LogP) is 5.64. The fourth-order valence-corrected chi connectivity index (χ4v) is 4.91. The van der Waals surface area contributed by atoms with E-state index in [9.17, 15) is 4.79 Å². The highest BCUT2D eigenvalue weighted by molar-refractivity contribution is 6.06. The minimum Gasteiger partial charge on any atom is -0.382 e. The van der Waals surface area contributed by atoms with Gasteiger partial charge in [0, 0.05) is 39.7 Å². The first-order valence-corrected chi connectivity index (χ1v) is 12.8. The van der Waals surface area contributed by atoms with E-state index in [1.165, 1.54) is 5.56 Å². The maximum Gasteiger partial charge on any atom is 0.315 e. The lowest BCUT2D eigenvalue weighted by Gasteiger charge is -2.12. The Kier molecular flexibility index (Phi) is 6.84. The van der Waals surface area contributed by atoms with Gasteiger partial charge >= 0.3 is 6.03 Å². The molecule has 5 rings (SSSR count). The molecule has 4 N–H and O–H groups in total. The number of nitrogens with two attached hydrogens (primary N) is 1. The minimum atomic E-state index is -0.0741. The lowest BCUT2D eigenvalue weighted by atomic mass is 10.1. The van der Waals surface area contributed by atoms with E-state index in [0.29, 0.717) is 18.3 Å². The van der Waals surface area contributed by atoms with Crippen molar-refractivity contribution in [1.82, 2.24) is 25.2 Å². The van der Waals surface area contributed by atoms with Gasteiger partial charge in [0.15, 0.2) is 5.82 Å². The Balaban J connectivity index is 0.00000190. The number of aromatic nitrogens is 3. The maximum absolute atomic E-state index is 12.3. The summed E-state index contributed by atoms with van der Waals surface area (Å²) < 4.78 is 2.32. The molecular weight excluding hydrogens is 436 g/mol. The Bertz CT molecular complexity index is 1330. The molecule has 2 heterocycles. The van der Waals surface area contributed by atoms with Crippen LogP contribution in [0.15, 0.2) is 54.6 Å². The number of amides is 2. The number of carbonyl (C=O) groups excluding carboxylic acids is 1. The van der Waals surface area contributed by atoms with Crippen LogP contribution in [0.3, 0.4) is 0 Å². The Morgan fingerprint density at radius 1 is 1.09 bits per heavy atom. The first kappa shape index (κ1) is 23.1. The van der Waals surface area contributed by atoms with Crippen molar-refractivity contribution in [3.63, 3.8) is 0 Å². The van der Waals surface area contributed by atoms with Gasteiger partial charge in [0.2, 0.25) is 0 Å². The van der Waals surface area contributed by atoms with Crippen molar-refractivity contribution in [2.24, 2.45) is 0 Å². The van der Waals surface area contributed by atoms with Crippen molar-refractivity contribution in [2.45, 2.75) is 64.0 Å². The second-order valence-corrected chi connectivity index (χ2v) is 9.46. The van der Waals surface area contributed by atoms with Crippen molar-refractivity contribution < 1.29 is 7.65 Å². The number of para-hydroxylation sites is 1. The van der Waals surface area contributed by atoms with Crippen LogP contribution in [0.1, 0.15) is 59.2 Å². The Morgan fingerprint density at radius 3 is 2.71 bits per heavy atom. The standard InChI is InChI=1S/C28H34N6O.2H2/c1-2-3-15-24-33-25-26(20-13-7-8-14-22(20)31-27(25)29)34(24)17-10-9-16-30-28(35)32-23-18-21(23)19-11-5-4-6-12-19;;/h4-8,11-14,21,23H,2-3,9-10,15-18H2,1H3,(H2,29,31)(H2,30,32,35);2*1H/t21-,23+;;/m0../s1. The molecule has 1 fully saturated rings. The molecule has 7 heteroatoms. The number of aryl methyl sites for hydroxylation is 2. The number of unbranched alkanes of at least 4 members (excludes halogenated alkanes) is 2. The number of nitrogens with zero attached hydrogens (tertiary/aromatic N) is 3. The normalized spacial score (nSPS) is 17.1. The molecule has 2 amide bonds. The van der Waals surface area contributed by atoms with Gasteiger partial charge < -0.3 is 20.9 Å². The molecule has 1 saturated carbocycles. The van der Waals surface area contributed by atoms with Crippen LogP contribution in [0.2, 0.25) is 0 Å². The van der Waals surface area contributed by atoms with Crippen LogP contribution in [-0.2, 0) is 13.0 Å². The largest absolute Gasteiger partial charge is 0.382 e. The third kappa shape index (κ3) is 5.09. The summed E-state index contributed by atoms with van der Waals surface area (Å²) in [6.45, 7) is 3.68. The molecule has 2 aromatic carbocycles. The summed E-state index contributed by atoms with van der Waals surface area (Å²) in [7, 11) is 0. The van der Waals surface area contributed by atoms with Crippen molar-refractivity contribution in [2.75, 3.05) is 12.3 Å². The summed E-state index contributed by atoms with van der Waals surface area (Å²) in [5, 5.41) is 7.21. The van der Waals surface area contributed by atoms with E-state index in [0.717, 1.165) is 72.8 Å². The van der Waals surface area contributed by atoms with Crippen LogP contribution < -0.4 is 16.4 Å². The van der Waals surface area contributed by atoms with Gasteiger partial charge in [0.1, 0.15) is 11.3 Å². The number of benzene rings is 2. The van der Waals surface area contributed by atoms with Gasteiger partial charge in [-0.05, 0) is 37.3 Å². The van der Waals surface area contributed by atoms with E-state index in [2.05, 4.69) is 57.4 Å². The molecule has 1 aliphatic carbocycles. The molecule has 2 atom stereocenters. The van der Waals surface area contributed by atoms with Crippen LogP contribution in [0.5, 0.6) is 0 Å². The molecule has 0 bridgehead atoms. The molecule has 186 valence electrons. The second-order valence-electron chi connectivity index (χ2n) is 9.46. The maximum atomic E-state index is 12.3. The van der Waals surface area contributed by atoms with Crippen molar-refractivity contribution in [1.29, 1.82) is 0 Å². The zero-order chi connectivity index (χ0) is 24.2. The van der Waals surface area contributed by atoms with Gasteiger partial charge in [-0.25, -0.2) is 14.8 Å². The predicted molar refractivity (Wildman–Crippen MR) is 146 cm³/mol. The summed E-state index contributed by atoms with van der Waals surface area (Å²) in [5.74, 6) is 2.00. The third-order valence-corrected chi connectivity index (χ3v) is 6.87. The molecule has 0 saturated heterocycles. The first-order chi connectivity index (χ1) is 17.2. The highest BCUT2D eigenvalue weighted by Gasteiger charge is 2.39. The minimum absolute atomic E-state index is 0. The topological polar surface area (TPSA) is 97.9 Å². The van der Waals surface area contributed by atoms with Crippen molar-refractivity contribution in [3.8, 4) is 0 Å². The molecule has 0 spiro atoms. The fourth-order valence-electron chi connectivity index (χ4n) is 4.91. The summed E-state index contributed by atoms with van der Waals surface area (Å²) in [6.07, 6.45) is 5.97. The smallest absolute Gasteiger partial charge is 0.315 e. The molecule has 0 unspecified atom stereocenters. The van der Waals surface area contributed by atoms with Crippen LogP contribution >= 0.6 is 0 Å². The van der Waals surface area contributed by atoms with Crippen LogP contribution in [0.4, 0.5) is 10.6 Å². The zero-order valence-electron chi connectivity index (χ0n) is 20.3. The third-order valence-electron chi connectivity index (χ3n) is 6.87. The molecule has 4 aromatic rings. The van der Waals surface area contributed by atoms with Crippen molar-refractivity contribution in [3.05, 3.63) is 66.0 Å². The molecule has 1 aliphatic rings. The number of carbonyl (C=O) groups is 1. The lowest BCUT2D eigenvalue weighted by molar-refractivity contribution is 0.240. The quantitative estimate of drug-likeness (QED) is 0.259. The summed E-state index contributed by atoms with van der Waals surface area (Å²) in [5.41, 5.74) is 10.4. The van der Waals surface area contributed by atoms with E-state index in [-0.39, 0.29) is 14.9 Å². The summed E-state index contributed by atoms with van der Waals surface area (Å²) in [4.78, 5) is 21.8. The number of hydrogen-bond donors (Lipinski definition) is 3. The number of fused-ring (bicyclic) bond motifs is 3. The number of anilines is 1. The summed E-state index contributed by atoms with van der Waals surface area (Å²) in [6, 6.07) is 18.7. The van der Waals surface area contributed by atoms with E-state index in [4.69, 9.17) is 10.7 Å². The lowest BCUT2D eigenvalue weighted by Crippen LogP contribution is -2.37. The second kappa shape index (κ2) is 10.3. The highest BCUT2D eigenvalue weighted by Crippen LogP contribution is 2.40. The van der Waals surface area contributed by atoms with Gasteiger partial charge in [-0.2, -0.15) is 0 Å². The number of nitrogen functional groups attached to an aromatic ring is 1.